The maximum absolute atomic E-state index is 10.9. The van der Waals surface area contributed by atoms with Crippen LogP contribution < -0.4 is 5.32 Å². The Morgan fingerprint density at radius 2 is 2.00 bits per heavy atom. The van der Waals surface area contributed by atoms with E-state index in [0.717, 1.165) is 39.0 Å². The molecule has 3 aliphatic heterocycles. The van der Waals surface area contributed by atoms with Crippen LogP contribution in [0.4, 0.5) is 5.00 Å². The van der Waals surface area contributed by atoms with E-state index in [0.29, 0.717) is 23.8 Å². The Morgan fingerprint density at radius 1 is 1.17 bits per heavy atom. The van der Waals surface area contributed by atoms with Gasteiger partial charge in [-0.15, -0.1) is 22.4 Å². The summed E-state index contributed by atoms with van der Waals surface area (Å²) in [6.45, 7) is 0. The van der Waals surface area contributed by atoms with Crippen LogP contribution in [0.5, 0.6) is 5.75 Å². The van der Waals surface area contributed by atoms with E-state index in [-0.39, 0.29) is 5.75 Å². The second-order valence-corrected chi connectivity index (χ2v) is 11.1. The molecule has 0 aliphatic carbocycles. The van der Waals surface area contributed by atoms with E-state index >= 15 is 0 Å². The molecule has 0 saturated carbocycles. The molecule has 6 rings (SSSR count). The first kappa shape index (κ1) is 18.5. The minimum absolute atomic E-state index is 0.147. The van der Waals surface area contributed by atoms with E-state index in [2.05, 4.69) is 36.8 Å². The Labute approximate surface area is 181 Å². The van der Waals surface area contributed by atoms with Gasteiger partial charge in [0, 0.05) is 41.6 Å². The summed E-state index contributed by atoms with van der Waals surface area (Å²) in [4.78, 5) is 14.2. The lowest BCUT2D eigenvalue weighted by Gasteiger charge is -2.40. The van der Waals surface area contributed by atoms with Gasteiger partial charge in [-0.25, -0.2) is 15.0 Å². The Bertz CT molecular complexity index is 1100. The van der Waals surface area contributed by atoms with Gasteiger partial charge in [0.25, 0.3) is 0 Å². The number of piperidine rings is 1. The second kappa shape index (κ2) is 7.16. The van der Waals surface area contributed by atoms with E-state index in [9.17, 15) is 5.11 Å². The van der Waals surface area contributed by atoms with Crippen molar-refractivity contribution in [3.63, 3.8) is 0 Å². The fraction of sp³-hybridized carbons (Fsp3) is 0.400. The summed E-state index contributed by atoms with van der Waals surface area (Å²) in [5.74, 6) is 0.147. The number of aromatic hydroxyl groups is 1. The highest BCUT2D eigenvalue weighted by Gasteiger charge is 2.40. The smallest absolute Gasteiger partial charge is 0.151 e. The highest BCUT2D eigenvalue weighted by molar-refractivity contribution is 8.29. The lowest BCUT2D eigenvalue weighted by molar-refractivity contribution is 0.264. The van der Waals surface area contributed by atoms with Crippen molar-refractivity contribution in [2.45, 2.75) is 48.8 Å². The molecular formula is C20H23N7OS2. The van der Waals surface area contributed by atoms with Crippen LogP contribution in [0.15, 0.2) is 40.2 Å². The molecular weight excluding hydrogens is 418 g/mol. The molecule has 156 valence electrons. The molecule has 0 amide bonds. The Balaban J connectivity index is 1.35. The summed E-state index contributed by atoms with van der Waals surface area (Å²) in [6.07, 6.45) is 10.1. The SMILES string of the molecule is CN([C@@H]1C[C@H]2CC[C@@H](C1)N2)[SH]1C(c2ncc(-c3cn[nH]c3)cc2O)=Nc2scnc21. The average Bonchev–Trinajstić information content (AvgIpc) is 3.52. The summed E-state index contributed by atoms with van der Waals surface area (Å²) >= 11 is 0.640. The number of fused-ring (bicyclic) bond motifs is 3. The topological polar surface area (TPSA) is 102 Å². The van der Waals surface area contributed by atoms with Crippen LogP contribution in [0, 0.1) is 0 Å². The van der Waals surface area contributed by atoms with E-state index in [1.807, 2.05) is 5.51 Å². The Hall–Kier alpha value is -2.27. The molecule has 6 heterocycles. The molecule has 1 unspecified atom stereocenters. The first-order valence-corrected chi connectivity index (χ1v) is 12.3. The Morgan fingerprint density at radius 3 is 2.73 bits per heavy atom. The quantitative estimate of drug-likeness (QED) is 0.464. The van der Waals surface area contributed by atoms with Gasteiger partial charge in [-0.2, -0.15) is 5.10 Å². The highest BCUT2D eigenvalue weighted by atomic mass is 32.2. The summed E-state index contributed by atoms with van der Waals surface area (Å²) < 4.78 is 2.47. The molecule has 8 nitrogen and oxygen atoms in total. The molecule has 4 atom stereocenters. The molecule has 30 heavy (non-hydrogen) atoms. The van der Waals surface area contributed by atoms with Crippen LogP contribution in [0.2, 0.25) is 0 Å². The number of thiazole rings is 1. The number of aliphatic imine (C=N–C) groups is 1. The maximum Gasteiger partial charge on any atom is 0.151 e. The lowest BCUT2D eigenvalue weighted by Crippen LogP contribution is -2.46. The van der Waals surface area contributed by atoms with E-state index in [4.69, 9.17) is 4.99 Å². The van der Waals surface area contributed by atoms with Crippen molar-refractivity contribution in [3.05, 3.63) is 35.9 Å². The number of aromatic amines is 1. The molecule has 3 aliphatic rings. The molecule has 3 aromatic rings. The largest absolute Gasteiger partial charge is 0.506 e. The monoisotopic (exact) mass is 441 g/mol. The van der Waals surface area contributed by atoms with Crippen LogP contribution in [0.1, 0.15) is 31.4 Å². The van der Waals surface area contributed by atoms with Gasteiger partial charge in [0.1, 0.15) is 21.5 Å². The van der Waals surface area contributed by atoms with Crippen LogP contribution in [0.3, 0.4) is 0 Å². The molecule has 0 aromatic carbocycles. The third-order valence-electron chi connectivity index (χ3n) is 6.34. The summed E-state index contributed by atoms with van der Waals surface area (Å²) in [5, 5.41) is 24.2. The predicted octanol–water partition coefficient (Wildman–Crippen LogP) is 3.22. The van der Waals surface area contributed by atoms with Gasteiger partial charge in [-0.3, -0.25) is 9.40 Å². The predicted molar refractivity (Wildman–Crippen MR) is 120 cm³/mol. The fourth-order valence-corrected chi connectivity index (χ4v) is 8.24. The number of aromatic nitrogens is 4. The number of pyridine rings is 1. The first-order chi connectivity index (χ1) is 14.7. The summed E-state index contributed by atoms with van der Waals surface area (Å²) in [5.41, 5.74) is 4.14. The number of nitrogens with zero attached hydrogens (tertiary/aromatic N) is 5. The third kappa shape index (κ3) is 2.97. The number of hydrogen-bond acceptors (Lipinski definition) is 8. The molecule has 2 saturated heterocycles. The van der Waals surface area contributed by atoms with Gasteiger partial charge in [0.15, 0.2) is 5.00 Å². The van der Waals surface area contributed by atoms with Crippen LogP contribution in [-0.4, -0.2) is 59.8 Å². The number of thiol groups is 1. The van der Waals surface area contributed by atoms with Gasteiger partial charge in [-0.05, 0) is 38.8 Å². The molecule has 0 radical (unpaired) electrons. The molecule has 0 spiro atoms. The van der Waals surface area contributed by atoms with Crippen molar-refractivity contribution in [2.75, 3.05) is 7.05 Å². The van der Waals surface area contributed by atoms with Gasteiger partial charge in [0.05, 0.1) is 11.7 Å². The fourth-order valence-electron chi connectivity index (χ4n) is 4.84. The molecule has 2 bridgehead atoms. The minimum atomic E-state index is -0.915. The van der Waals surface area contributed by atoms with Crippen molar-refractivity contribution in [1.29, 1.82) is 0 Å². The summed E-state index contributed by atoms with van der Waals surface area (Å²) in [7, 11) is 2.20. The maximum atomic E-state index is 10.9. The number of nitrogens with one attached hydrogen (secondary N) is 2. The highest BCUT2D eigenvalue weighted by Crippen LogP contribution is 2.56. The van der Waals surface area contributed by atoms with Crippen LogP contribution >= 0.6 is 22.4 Å². The average molecular weight is 442 g/mol. The molecule has 2 fully saturated rings. The first-order valence-electron chi connectivity index (χ1n) is 10.2. The van der Waals surface area contributed by atoms with Crippen LogP contribution in [0.25, 0.3) is 11.1 Å². The minimum Gasteiger partial charge on any atom is -0.506 e. The lowest BCUT2D eigenvalue weighted by atomic mass is 10.0. The van der Waals surface area contributed by atoms with Crippen molar-refractivity contribution >= 4 is 32.5 Å². The number of rotatable bonds is 4. The number of hydrogen-bond donors (Lipinski definition) is 4. The van der Waals surface area contributed by atoms with Crippen LogP contribution in [-0.2, 0) is 0 Å². The van der Waals surface area contributed by atoms with Crippen molar-refractivity contribution in [3.8, 4) is 16.9 Å². The summed E-state index contributed by atoms with van der Waals surface area (Å²) in [6, 6.07) is 3.46. The zero-order valence-corrected chi connectivity index (χ0v) is 18.2. The van der Waals surface area contributed by atoms with E-state index < -0.39 is 11.1 Å². The number of H-pyrrole nitrogens is 1. The standard InChI is InChI=1S/C20H23N7OS2/c1-27(15-5-13-2-3-14(6-15)25-13)30-19(26-18-20(30)22-10-29-18)17-16(28)4-11(7-21-17)12-8-23-24-9-12/h4,7-10,13-15,25,28,30H,2-3,5-6H2,1H3,(H,23,24)/t13-,14+,15-. The Kier molecular flexibility index (Phi) is 4.41. The van der Waals surface area contributed by atoms with E-state index in [1.165, 1.54) is 12.8 Å². The third-order valence-corrected chi connectivity index (χ3v) is 9.61. The normalized spacial score (nSPS) is 28.7. The van der Waals surface area contributed by atoms with Crippen molar-refractivity contribution in [2.24, 2.45) is 4.99 Å². The van der Waals surface area contributed by atoms with Crippen molar-refractivity contribution in [1.82, 2.24) is 29.8 Å². The zero-order chi connectivity index (χ0) is 20.2. The molecule has 3 N–H and O–H groups in total. The van der Waals surface area contributed by atoms with Crippen molar-refractivity contribution < 1.29 is 5.11 Å². The van der Waals surface area contributed by atoms with Gasteiger partial charge >= 0.3 is 0 Å². The van der Waals surface area contributed by atoms with E-state index in [1.54, 1.807) is 36.0 Å². The van der Waals surface area contributed by atoms with Gasteiger partial charge in [-0.1, -0.05) is 0 Å². The van der Waals surface area contributed by atoms with Gasteiger partial charge < -0.3 is 10.4 Å². The van der Waals surface area contributed by atoms with Gasteiger partial charge in [0.2, 0.25) is 0 Å². The molecule has 10 heteroatoms. The second-order valence-electron chi connectivity index (χ2n) is 8.14. The zero-order valence-electron chi connectivity index (χ0n) is 16.5. The molecule has 3 aromatic heterocycles.